The minimum absolute atomic E-state index is 0.394. The predicted molar refractivity (Wildman–Crippen MR) is 76.8 cm³/mol. The summed E-state index contributed by atoms with van der Waals surface area (Å²) >= 11 is 0. The van der Waals surface area contributed by atoms with Crippen molar-refractivity contribution < 1.29 is 4.74 Å². The monoisotopic (exact) mass is 253 g/mol. The first-order valence-electron chi connectivity index (χ1n) is 8.04. The molecule has 0 N–H and O–H groups in total. The molecule has 1 aliphatic heterocycles. The van der Waals surface area contributed by atoms with Gasteiger partial charge in [-0.1, -0.05) is 13.3 Å². The van der Waals surface area contributed by atoms with Crippen molar-refractivity contribution in [2.45, 2.75) is 71.4 Å². The summed E-state index contributed by atoms with van der Waals surface area (Å²) in [7, 11) is 0. The van der Waals surface area contributed by atoms with Gasteiger partial charge in [-0.25, -0.2) is 0 Å². The smallest absolute Gasteiger partial charge is 0.0518 e. The lowest BCUT2D eigenvalue weighted by Crippen LogP contribution is -2.48. The van der Waals surface area contributed by atoms with Crippen molar-refractivity contribution in [3.63, 3.8) is 0 Å². The summed E-state index contributed by atoms with van der Waals surface area (Å²) in [6, 6.07) is 0.933. The lowest BCUT2D eigenvalue weighted by molar-refractivity contribution is 0.0304. The quantitative estimate of drug-likeness (QED) is 0.715. The molecule has 1 saturated carbocycles. The zero-order valence-corrected chi connectivity index (χ0v) is 12.5. The van der Waals surface area contributed by atoms with E-state index in [9.17, 15) is 0 Å². The molecule has 18 heavy (non-hydrogen) atoms. The van der Waals surface area contributed by atoms with Crippen LogP contribution in [0.3, 0.4) is 0 Å². The van der Waals surface area contributed by atoms with Gasteiger partial charge < -0.3 is 9.64 Å². The Balaban J connectivity index is 1.57. The first-order chi connectivity index (χ1) is 8.69. The fraction of sp³-hybridized carbons (Fsp3) is 1.00. The van der Waals surface area contributed by atoms with Gasteiger partial charge in [-0.3, -0.25) is 0 Å². The van der Waals surface area contributed by atoms with E-state index in [-0.39, 0.29) is 0 Å². The SMILES string of the molecule is CCC1CC(N2CCC(CCOC(C)C)CC2)C1. The number of nitrogens with zero attached hydrogens (tertiary/aromatic N) is 1. The van der Waals surface area contributed by atoms with Gasteiger partial charge in [0.15, 0.2) is 0 Å². The van der Waals surface area contributed by atoms with Crippen molar-refractivity contribution >= 4 is 0 Å². The van der Waals surface area contributed by atoms with Crippen LogP contribution >= 0.6 is 0 Å². The third-order valence-corrected chi connectivity index (χ3v) is 4.93. The molecule has 1 aliphatic carbocycles. The van der Waals surface area contributed by atoms with E-state index in [1.165, 1.54) is 51.6 Å². The molecule has 1 saturated heterocycles. The highest BCUT2D eigenvalue weighted by Gasteiger charge is 2.33. The Kier molecular flexibility index (Phi) is 5.50. The molecule has 1 heterocycles. The number of ether oxygens (including phenoxy) is 1. The van der Waals surface area contributed by atoms with E-state index in [1.807, 2.05) is 0 Å². The zero-order valence-electron chi connectivity index (χ0n) is 12.5. The van der Waals surface area contributed by atoms with Gasteiger partial charge in [-0.15, -0.1) is 0 Å². The fourth-order valence-corrected chi connectivity index (χ4v) is 3.41. The van der Waals surface area contributed by atoms with E-state index in [0.29, 0.717) is 6.10 Å². The number of piperidine rings is 1. The molecule has 0 radical (unpaired) electrons. The van der Waals surface area contributed by atoms with Crippen molar-refractivity contribution in [1.82, 2.24) is 4.90 Å². The van der Waals surface area contributed by atoms with Crippen LogP contribution in [0.1, 0.15) is 59.3 Å². The van der Waals surface area contributed by atoms with Crippen LogP contribution in [-0.2, 0) is 4.74 Å². The second-order valence-corrected chi connectivity index (χ2v) is 6.59. The third kappa shape index (κ3) is 3.96. The van der Waals surface area contributed by atoms with Crippen LogP contribution in [0, 0.1) is 11.8 Å². The predicted octanol–water partition coefficient (Wildman–Crippen LogP) is 3.70. The molecule has 0 bridgehead atoms. The van der Waals surface area contributed by atoms with Gasteiger partial charge in [0.25, 0.3) is 0 Å². The zero-order chi connectivity index (χ0) is 13.0. The highest BCUT2D eigenvalue weighted by Crippen LogP contribution is 2.36. The molecule has 2 rings (SSSR count). The fourth-order valence-electron chi connectivity index (χ4n) is 3.41. The highest BCUT2D eigenvalue weighted by molar-refractivity contribution is 4.88. The Morgan fingerprint density at radius 3 is 2.33 bits per heavy atom. The largest absolute Gasteiger partial charge is 0.379 e. The summed E-state index contributed by atoms with van der Waals surface area (Å²) in [5.74, 6) is 1.95. The van der Waals surface area contributed by atoms with Gasteiger partial charge in [0.2, 0.25) is 0 Å². The summed E-state index contributed by atoms with van der Waals surface area (Å²) in [6.07, 6.45) is 8.79. The topological polar surface area (TPSA) is 12.5 Å². The van der Waals surface area contributed by atoms with Gasteiger partial charge in [-0.2, -0.15) is 0 Å². The Morgan fingerprint density at radius 1 is 1.11 bits per heavy atom. The molecule has 106 valence electrons. The van der Waals surface area contributed by atoms with Crippen LogP contribution < -0.4 is 0 Å². The van der Waals surface area contributed by atoms with Gasteiger partial charge >= 0.3 is 0 Å². The normalized spacial score (nSPS) is 30.7. The van der Waals surface area contributed by atoms with Crippen LogP contribution in [0.15, 0.2) is 0 Å². The minimum Gasteiger partial charge on any atom is -0.379 e. The minimum atomic E-state index is 0.394. The Hall–Kier alpha value is -0.0800. The van der Waals surface area contributed by atoms with Crippen LogP contribution in [0.2, 0.25) is 0 Å². The first kappa shape index (κ1) is 14.3. The average molecular weight is 253 g/mol. The third-order valence-electron chi connectivity index (χ3n) is 4.93. The van der Waals surface area contributed by atoms with Gasteiger partial charge in [0.05, 0.1) is 6.10 Å². The maximum atomic E-state index is 5.67. The number of hydrogen-bond donors (Lipinski definition) is 0. The Morgan fingerprint density at radius 2 is 1.78 bits per heavy atom. The average Bonchev–Trinajstić information content (AvgIpc) is 2.29. The summed E-state index contributed by atoms with van der Waals surface area (Å²) in [5.41, 5.74) is 0. The number of hydrogen-bond acceptors (Lipinski definition) is 2. The van der Waals surface area contributed by atoms with Crippen molar-refractivity contribution in [3.05, 3.63) is 0 Å². The molecule has 0 unspecified atom stereocenters. The standard InChI is InChI=1S/C16H31NO/c1-4-14-11-16(12-14)17-8-5-15(6-9-17)7-10-18-13(2)3/h13-16H,4-12H2,1-3H3. The van der Waals surface area contributed by atoms with Crippen LogP contribution in [0.4, 0.5) is 0 Å². The summed E-state index contributed by atoms with van der Waals surface area (Å²) in [6.45, 7) is 10.2. The molecule has 2 aliphatic rings. The molecular formula is C16H31NO. The molecule has 0 aromatic carbocycles. The molecule has 0 aromatic rings. The molecule has 2 heteroatoms. The molecule has 0 atom stereocenters. The van der Waals surface area contributed by atoms with E-state index in [1.54, 1.807) is 0 Å². The maximum absolute atomic E-state index is 5.67. The Labute approximate surface area is 113 Å². The second-order valence-electron chi connectivity index (χ2n) is 6.59. The van der Waals surface area contributed by atoms with E-state index < -0.39 is 0 Å². The van der Waals surface area contributed by atoms with E-state index >= 15 is 0 Å². The molecule has 0 amide bonds. The summed E-state index contributed by atoms with van der Waals surface area (Å²) in [5, 5.41) is 0. The van der Waals surface area contributed by atoms with Crippen LogP contribution in [0.5, 0.6) is 0 Å². The number of rotatable bonds is 6. The van der Waals surface area contributed by atoms with E-state index in [0.717, 1.165) is 24.5 Å². The lowest BCUT2D eigenvalue weighted by Gasteiger charge is -2.45. The van der Waals surface area contributed by atoms with Crippen LogP contribution in [0.25, 0.3) is 0 Å². The van der Waals surface area contributed by atoms with E-state index in [4.69, 9.17) is 4.74 Å². The van der Waals surface area contributed by atoms with Crippen molar-refractivity contribution in [3.8, 4) is 0 Å². The lowest BCUT2D eigenvalue weighted by atomic mass is 9.77. The number of likely N-dealkylation sites (tertiary alicyclic amines) is 1. The summed E-state index contributed by atoms with van der Waals surface area (Å²) < 4.78 is 5.67. The van der Waals surface area contributed by atoms with Gasteiger partial charge in [0, 0.05) is 12.6 Å². The van der Waals surface area contributed by atoms with Crippen LogP contribution in [-0.4, -0.2) is 36.7 Å². The Bertz CT molecular complexity index is 227. The van der Waals surface area contributed by atoms with Gasteiger partial charge in [-0.05, 0) is 70.9 Å². The second kappa shape index (κ2) is 6.91. The van der Waals surface area contributed by atoms with Crippen molar-refractivity contribution in [1.29, 1.82) is 0 Å². The maximum Gasteiger partial charge on any atom is 0.0518 e. The molecule has 2 fully saturated rings. The molecule has 0 aromatic heterocycles. The highest BCUT2D eigenvalue weighted by atomic mass is 16.5. The van der Waals surface area contributed by atoms with Crippen molar-refractivity contribution in [2.24, 2.45) is 11.8 Å². The van der Waals surface area contributed by atoms with E-state index in [2.05, 4.69) is 25.7 Å². The van der Waals surface area contributed by atoms with Gasteiger partial charge in [0.1, 0.15) is 0 Å². The van der Waals surface area contributed by atoms with Crippen molar-refractivity contribution in [2.75, 3.05) is 19.7 Å². The first-order valence-corrected chi connectivity index (χ1v) is 8.04. The molecule has 0 spiro atoms. The summed E-state index contributed by atoms with van der Waals surface area (Å²) in [4.78, 5) is 2.76. The molecule has 2 nitrogen and oxygen atoms in total. The molecular weight excluding hydrogens is 222 g/mol.